The monoisotopic (exact) mass is 158 g/mol. The maximum Gasteiger partial charge on any atom is 0.0165 e. The fraction of sp³-hybridized carbons (Fsp3) is 1.00. The zero-order valence-electron chi connectivity index (χ0n) is 8.14. The number of nitrogens with two attached hydrogens (primary N) is 1. The summed E-state index contributed by atoms with van der Waals surface area (Å²) in [7, 11) is 2.14. The second kappa shape index (κ2) is 6.62. The predicted octanol–water partition coefficient (Wildman–Crippen LogP) is 1.46. The van der Waals surface area contributed by atoms with E-state index in [2.05, 4.69) is 25.8 Å². The fourth-order valence-electron chi connectivity index (χ4n) is 1.05. The van der Waals surface area contributed by atoms with Crippen LogP contribution in [0.15, 0.2) is 0 Å². The lowest BCUT2D eigenvalue weighted by Gasteiger charge is -2.19. The third kappa shape index (κ3) is 6.32. The Hall–Kier alpha value is -0.0800. The molecule has 0 saturated heterocycles. The lowest BCUT2D eigenvalue weighted by Crippen LogP contribution is -2.35. The quantitative estimate of drug-likeness (QED) is 0.634. The Morgan fingerprint density at radius 3 is 2.45 bits per heavy atom. The Bertz CT molecular complexity index is 83.6. The molecule has 0 aliphatic carbocycles. The van der Waals surface area contributed by atoms with E-state index >= 15 is 0 Å². The summed E-state index contributed by atoms with van der Waals surface area (Å²) in [5.41, 5.74) is 5.80. The summed E-state index contributed by atoms with van der Waals surface area (Å²) in [5, 5.41) is 0. The Morgan fingerprint density at radius 2 is 2.00 bits per heavy atom. The van der Waals surface area contributed by atoms with Crippen molar-refractivity contribution in [1.29, 1.82) is 0 Å². The van der Waals surface area contributed by atoms with Crippen LogP contribution in [0.5, 0.6) is 0 Å². The van der Waals surface area contributed by atoms with E-state index in [0.717, 1.165) is 13.0 Å². The molecule has 0 fully saturated rings. The molecular weight excluding hydrogens is 136 g/mol. The van der Waals surface area contributed by atoms with Crippen molar-refractivity contribution in [2.24, 2.45) is 5.73 Å². The van der Waals surface area contributed by atoms with Crippen molar-refractivity contribution < 1.29 is 0 Å². The largest absolute Gasteiger partial charge is 0.327 e. The van der Waals surface area contributed by atoms with Gasteiger partial charge in [0.1, 0.15) is 0 Å². The molecule has 0 aliphatic heterocycles. The van der Waals surface area contributed by atoms with E-state index in [9.17, 15) is 0 Å². The van der Waals surface area contributed by atoms with E-state index in [1.807, 2.05) is 0 Å². The molecule has 0 bridgehead atoms. The lowest BCUT2D eigenvalue weighted by molar-refractivity contribution is 0.303. The molecule has 0 amide bonds. The number of hydrogen-bond donors (Lipinski definition) is 1. The van der Waals surface area contributed by atoms with Crippen LogP contribution in [0.4, 0.5) is 0 Å². The van der Waals surface area contributed by atoms with Crippen molar-refractivity contribution in [1.82, 2.24) is 4.90 Å². The topological polar surface area (TPSA) is 29.3 Å². The van der Waals surface area contributed by atoms with Crippen LogP contribution < -0.4 is 5.73 Å². The first-order chi connectivity index (χ1) is 5.20. The van der Waals surface area contributed by atoms with Crippen LogP contribution in [0.3, 0.4) is 0 Å². The van der Waals surface area contributed by atoms with Crippen molar-refractivity contribution in [2.75, 3.05) is 20.1 Å². The minimum absolute atomic E-state index is 0.358. The summed E-state index contributed by atoms with van der Waals surface area (Å²) >= 11 is 0. The summed E-state index contributed by atoms with van der Waals surface area (Å²) in [6.45, 7) is 6.58. The second-order valence-electron chi connectivity index (χ2n) is 3.28. The molecule has 0 aromatic rings. The van der Waals surface area contributed by atoms with Crippen molar-refractivity contribution in [3.05, 3.63) is 0 Å². The van der Waals surface area contributed by atoms with Gasteiger partial charge in [0.15, 0.2) is 0 Å². The lowest BCUT2D eigenvalue weighted by atomic mass is 10.2. The van der Waals surface area contributed by atoms with Crippen LogP contribution in [0.1, 0.15) is 33.1 Å². The van der Waals surface area contributed by atoms with Gasteiger partial charge in [-0.1, -0.05) is 20.3 Å². The van der Waals surface area contributed by atoms with Crippen LogP contribution in [0.2, 0.25) is 0 Å². The average molecular weight is 158 g/mol. The van der Waals surface area contributed by atoms with Crippen LogP contribution in [0.25, 0.3) is 0 Å². The molecule has 11 heavy (non-hydrogen) atoms. The third-order valence-corrected chi connectivity index (χ3v) is 1.96. The van der Waals surface area contributed by atoms with E-state index in [4.69, 9.17) is 5.73 Å². The normalized spacial score (nSPS) is 13.9. The third-order valence-electron chi connectivity index (χ3n) is 1.96. The molecule has 0 spiro atoms. The molecule has 0 aromatic heterocycles. The highest BCUT2D eigenvalue weighted by Gasteiger charge is 2.02. The zero-order valence-corrected chi connectivity index (χ0v) is 8.14. The van der Waals surface area contributed by atoms with Gasteiger partial charge in [-0.3, -0.25) is 0 Å². The molecule has 2 nitrogen and oxygen atoms in total. The Labute approximate surface area is 70.8 Å². The van der Waals surface area contributed by atoms with E-state index < -0.39 is 0 Å². The highest BCUT2D eigenvalue weighted by Crippen LogP contribution is 1.94. The molecule has 68 valence electrons. The maximum atomic E-state index is 5.80. The molecule has 0 rings (SSSR count). The van der Waals surface area contributed by atoms with Crippen molar-refractivity contribution in [3.8, 4) is 0 Å². The van der Waals surface area contributed by atoms with Gasteiger partial charge in [0.05, 0.1) is 0 Å². The van der Waals surface area contributed by atoms with Gasteiger partial charge in [0, 0.05) is 12.6 Å². The minimum Gasteiger partial charge on any atom is -0.327 e. The number of rotatable bonds is 6. The summed E-state index contributed by atoms with van der Waals surface area (Å²) < 4.78 is 0. The highest BCUT2D eigenvalue weighted by atomic mass is 15.1. The first kappa shape index (κ1) is 10.9. The second-order valence-corrected chi connectivity index (χ2v) is 3.28. The van der Waals surface area contributed by atoms with Crippen LogP contribution in [-0.2, 0) is 0 Å². The van der Waals surface area contributed by atoms with Crippen LogP contribution in [-0.4, -0.2) is 31.1 Å². The predicted molar refractivity (Wildman–Crippen MR) is 50.7 cm³/mol. The Kier molecular flexibility index (Phi) is 6.57. The molecule has 2 heteroatoms. The van der Waals surface area contributed by atoms with Gasteiger partial charge >= 0.3 is 0 Å². The van der Waals surface area contributed by atoms with Gasteiger partial charge < -0.3 is 10.6 Å². The van der Waals surface area contributed by atoms with Gasteiger partial charge in [-0.15, -0.1) is 0 Å². The van der Waals surface area contributed by atoms with Crippen molar-refractivity contribution in [2.45, 2.75) is 39.2 Å². The summed E-state index contributed by atoms with van der Waals surface area (Å²) in [6.07, 6.45) is 3.63. The van der Waals surface area contributed by atoms with E-state index in [1.165, 1.54) is 19.4 Å². The number of hydrogen-bond acceptors (Lipinski definition) is 2. The molecule has 1 unspecified atom stereocenters. The number of unbranched alkanes of at least 4 members (excludes halogenated alkanes) is 1. The van der Waals surface area contributed by atoms with Gasteiger partial charge in [0.25, 0.3) is 0 Å². The van der Waals surface area contributed by atoms with E-state index in [-0.39, 0.29) is 0 Å². The SMILES string of the molecule is CCCCN(C)CC(N)CC. The summed E-state index contributed by atoms with van der Waals surface area (Å²) in [6, 6.07) is 0.358. The maximum absolute atomic E-state index is 5.80. The van der Waals surface area contributed by atoms with Crippen LogP contribution in [0, 0.1) is 0 Å². The first-order valence-electron chi connectivity index (χ1n) is 4.64. The number of nitrogens with zero attached hydrogens (tertiary/aromatic N) is 1. The van der Waals surface area contributed by atoms with Gasteiger partial charge in [-0.05, 0) is 26.4 Å². The molecule has 0 radical (unpaired) electrons. The summed E-state index contributed by atoms with van der Waals surface area (Å²) in [5.74, 6) is 0. The zero-order chi connectivity index (χ0) is 8.69. The first-order valence-corrected chi connectivity index (χ1v) is 4.64. The smallest absolute Gasteiger partial charge is 0.0165 e. The molecule has 0 aliphatic rings. The van der Waals surface area contributed by atoms with Gasteiger partial charge in [0.2, 0.25) is 0 Å². The van der Waals surface area contributed by atoms with E-state index in [0.29, 0.717) is 6.04 Å². The minimum atomic E-state index is 0.358. The Balaban J connectivity index is 3.27. The average Bonchev–Trinajstić information content (AvgIpc) is 2.00. The molecule has 0 heterocycles. The van der Waals surface area contributed by atoms with Crippen LogP contribution >= 0.6 is 0 Å². The molecule has 0 aromatic carbocycles. The standard InChI is InChI=1S/C9H22N2/c1-4-6-7-11(3)8-9(10)5-2/h9H,4-8,10H2,1-3H3. The van der Waals surface area contributed by atoms with Crippen molar-refractivity contribution >= 4 is 0 Å². The van der Waals surface area contributed by atoms with E-state index in [1.54, 1.807) is 0 Å². The fourth-order valence-corrected chi connectivity index (χ4v) is 1.05. The number of likely N-dealkylation sites (N-methyl/N-ethyl adjacent to an activating group) is 1. The summed E-state index contributed by atoms with van der Waals surface area (Å²) in [4.78, 5) is 2.32. The van der Waals surface area contributed by atoms with Gasteiger partial charge in [-0.25, -0.2) is 0 Å². The molecule has 0 saturated carbocycles. The highest BCUT2D eigenvalue weighted by molar-refractivity contribution is 4.63. The molecule has 2 N–H and O–H groups in total. The van der Waals surface area contributed by atoms with Gasteiger partial charge in [-0.2, -0.15) is 0 Å². The molecular formula is C9H22N2. The van der Waals surface area contributed by atoms with Crippen molar-refractivity contribution in [3.63, 3.8) is 0 Å². The Morgan fingerprint density at radius 1 is 1.36 bits per heavy atom. The molecule has 1 atom stereocenters.